The fourth-order valence-electron chi connectivity index (χ4n) is 2.14. The first-order valence-electron chi connectivity index (χ1n) is 7.92. The maximum absolute atomic E-state index is 12.1. The third-order valence-electron chi connectivity index (χ3n) is 3.31. The van der Waals surface area contributed by atoms with Crippen molar-refractivity contribution in [3.8, 4) is 5.75 Å². The van der Waals surface area contributed by atoms with Crippen molar-refractivity contribution in [3.63, 3.8) is 0 Å². The number of carbonyl (C=O) groups excluding carboxylic acids is 3. The Kier molecular flexibility index (Phi) is 6.73. The maximum Gasteiger partial charge on any atom is 0.338 e. The third kappa shape index (κ3) is 5.07. The minimum absolute atomic E-state index is 0.149. The number of anilines is 1. The van der Waals surface area contributed by atoms with Crippen LogP contribution in [-0.4, -0.2) is 38.2 Å². The molecule has 0 saturated heterocycles. The number of benzene rings is 2. The van der Waals surface area contributed by atoms with Crippen molar-refractivity contribution in [1.82, 2.24) is 0 Å². The lowest BCUT2D eigenvalue weighted by Gasteiger charge is -2.11. The highest BCUT2D eigenvalue weighted by Gasteiger charge is 2.14. The Bertz CT molecular complexity index is 802. The molecule has 0 aromatic heterocycles. The predicted molar refractivity (Wildman–Crippen MR) is 94.3 cm³/mol. The Hall–Kier alpha value is -3.35. The zero-order valence-corrected chi connectivity index (χ0v) is 14.5. The van der Waals surface area contributed by atoms with E-state index in [1.54, 1.807) is 24.3 Å². The summed E-state index contributed by atoms with van der Waals surface area (Å²) in [6.07, 6.45) is 0. The van der Waals surface area contributed by atoms with Crippen LogP contribution in [0, 0.1) is 0 Å². The van der Waals surface area contributed by atoms with E-state index in [1.807, 2.05) is 6.92 Å². The van der Waals surface area contributed by atoms with E-state index < -0.39 is 24.5 Å². The number of esters is 2. The molecule has 2 aromatic carbocycles. The SMILES string of the molecule is CCOc1ccccc1NC(=O)COC(=O)c1cccc(C(=O)OC)c1. The lowest BCUT2D eigenvalue weighted by molar-refractivity contribution is -0.119. The second kappa shape index (κ2) is 9.22. The molecule has 1 amide bonds. The molecule has 26 heavy (non-hydrogen) atoms. The van der Waals surface area contributed by atoms with Gasteiger partial charge in [-0.15, -0.1) is 0 Å². The Morgan fingerprint density at radius 3 is 2.35 bits per heavy atom. The third-order valence-corrected chi connectivity index (χ3v) is 3.31. The number of amides is 1. The van der Waals surface area contributed by atoms with Gasteiger partial charge in [0.1, 0.15) is 5.75 Å². The van der Waals surface area contributed by atoms with E-state index in [1.165, 1.54) is 31.4 Å². The van der Waals surface area contributed by atoms with E-state index >= 15 is 0 Å². The first kappa shape index (κ1) is 19.0. The average Bonchev–Trinajstić information content (AvgIpc) is 2.67. The molecule has 2 rings (SSSR count). The van der Waals surface area contributed by atoms with Crippen molar-refractivity contribution in [3.05, 3.63) is 59.7 Å². The van der Waals surface area contributed by atoms with Gasteiger partial charge in [0.05, 0.1) is 30.5 Å². The molecule has 0 fully saturated rings. The van der Waals surface area contributed by atoms with Crippen molar-refractivity contribution in [2.24, 2.45) is 0 Å². The molecule has 2 aromatic rings. The van der Waals surface area contributed by atoms with Gasteiger partial charge in [-0.05, 0) is 37.3 Å². The molecule has 0 saturated carbocycles. The van der Waals surface area contributed by atoms with Crippen molar-refractivity contribution in [2.75, 3.05) is 25.6 Å². The molecule has 136 valence electrons. The van der Waals surface area contributed by atoms with E-state index in [2.05, 4.69) is 10.1 Å². The lowest BCUT2D eigenvalue weighted by Crippen LogP contribution is -2.21. The van der Waals surface area contributed by atoms with Crippen LogP contribution in [-0.2, 0) is 14.3 Å². The molecular formula is C19H19NO6. The first-order chi connectivity index (χ1) is 12.5. The van der Waals surface area contributed by atoms with Crippen LogP contribution in [0.5, 0.6) is 5.75 Å². The average molecular weight is 357 g/mol. The van der Waals surface area contributed by atoms with Crippen molar-refractivity contribution in [1.29, 1.82) is 0 Å². The molecule has 0 radical (unpaired) electrons. The smallest absolute Gasteiger partial charge is 0.338 e. The Balaban J connectivity index is 1.95. The van der Waals surface area contributed by atoms with Gasteiger partial charge in [-0.3, -0.25) is 4.79 Å². The fourth-order valence-corrected chi connectivity index (χ4v) is 2.14. The molecule has 0 heterocycles. The number of hydrogen-bond acceptors (Lipinski definition) is 6. The molecule has 1 N–H and O–H groups in total. The number of para-hydroxylation sites is 2. The number of hydrogen-bond donors (Lipinski definition) is 1. The number of rotatable bonds is 7. The van der Waals surface area contributed by atoms with Gasteiger partial charge in [0, 0.05) is 0 Å². The molecule has 7 heteroatoms. The standard InChI is InChI=1S/C19H19NO6/c1-3-25-16-10-5-4-9-15(16)20-17(21)12-26-19(23)14-8-6-7-13(11-14)18(22)24-2/h4-11H,3,12H2,1-2H3,(H,20,21). The number of ether oxygens (including phenoxy) is 3. The van der Waals surface area contributed by atoms with Crippen LogP contribution in [0.4, 0.5) is 5.69 Å². The van der Waals surface area contributed by atoms with Crippen molar-refractivity contribution < 1.29 is 28.6 Å². The second-order valence-electron chi connectivity index (χ2n) is 5.13. The number of nitrogens with one attached hydrogen (secondary N) is 1. The molecule has 0 atom stereocenters. The van der Waals surface area contributed by atoms with Crippen LogP contribution >= 0.6 is 0 Å². The Labute approximate surface area is 150 Å². The van der Waals surface area contributed by atoms with E-state index in [-0.39, 0.29) is 11.1 Å². The summed E-state index contributed by atoms with van der Waals surface area (Å²) in [7, 11) is 1.25. The van der Waals surface area contributed by atoms with E-state index in [0.717, 1.165) is 0 Å². The number of carbonyl (C=O) groups is 3. The summed E-state index contributed by atoms with van der Waals surface area (Å²) in [5.74, 6) is -1.26. The van der Waals surface area contributed by atoms with Crippen LogP contribution in [0.2, 0.25) is 0 Å². The summed E-state index contributed by atoms with van der Waals surface area (Å²) in [6.45, 7) is 1.82. The van der Waals surface area contributed by atoms with Gasteiger partial charge in [0.15, 0.2) is 6.61 Å². The summed E-state index contributed by atoms with van der Waals surface area (Å²) in [5.41, 5.74) is 0.857. The van der Waals surface area contributed by atoms with Gasteiger partial charge in [-0.1, -0.05) is 18.2 Å². The summed E-state index contributed by atoms with van der Waals surface area (Å²) < 4.78 is 15.0. The molecule has 7 nitrogen and oxygen atoms in total. The Morgan fingerprint density at radius 2 is 1.65 bits per heavy atom. The highest BCUT2D eigenvalue weighted by Crippen LogP contribution is 2.23. The van der Waals surface area contributed by atoms with Gasteiger partial charge in [0.25, 0.3) is 5.91 Å². The molecular weight excluding hydrogens is 338 g/mol. The van der Waals surface area contributed by atoms with Gasteiger partial charge >= 0.3 is 11.9 Å². The van der Waals surface area contributed by atoms with E-state index in [4.69, 9.17) is 9.47 Å². The quantitative estimate of drug-likeness (QED) is 0.766. The molecule has 0 spiro atoms. The van der Waals surface area contributed by atoms with Crippen LogP contribution in [0.25, 0.3) is 0 Å². The molecule has 0 aliphatic carbocycles. The normalized spacial score (nSPS) is 9.92. The topological polar surface area (TPSA) is 90.9 Å². The van der Waals surface area contributed by atoms with Crippen LogP contribution in [0.15, 0.2) is 48.5 Å². The number of methoxy groups -OCH3 is 1. The molecule has 0 aliphatic rings. The largest absolute Gasteiger partial charge is 0.492 e. The van der Waals surface area contributed by atoms with E-state index in [9.17, 15) is 14.4 Å². The van der Waals surface area contributed by atoms with Crippen LogP contribution in [0.1, 0.15) is 27.6 Å². The summed E-state index contributed by atoms with van der Waals surface area (Å²) >= 11 is 0. The minimum Gasteiger partial charge on any atom is -0.492 e. The highest BCUT2D eigenvalue weighted by molar-refractivity contribution is 5.98. The lowest BCUT2D eigenvalue weighted by atomic mass is 10.1. The zero-order chi connectivity index (χ0) is 18.9. The summed E-state index contributed by atoms with van der Waals surface area (Å²) in [5, 5.41) is 2.63. The van der Waals surface area contributed by atoms with Crippen molar-refractivity contribution >= 4 is 23.5 Å². The van der Waals surface area contributed by atoms with E-state index in [0.29, 0.717) is 18.0 Å². The predicted octanol–water partition coefficient (Wildman–Crippen LogP) is 2.67. The monoisotopic (exact) mass is 357 g/mol. The first-order valence-corrected chi connectivity index (χ1v) is 7.92. The van der Waals surface area contributed by atoms with Crippen LogP contribution in [0.3, 0.4) is 0 Å². The maximum atomic E-state index is 12.1. The van der Waals surface area contributed by atoms with Gasteiger partial charge in [-0.25, -0.2) is 9.59 Å². The molecule has 0 aliphatic heterocycles. The van der Waals surface area contributed by atoms with Crippen LogP contribution < -0.4 is 10.1 Å². The summed E-state index contributed by atoms with van der Waals surface area (Å²) in [4.78, 5) is 35.6. The Morgan fingerprint density at radius 1 is 0.962 bits per heavy atom. The second-order valence-corrected chi connectivity index (χ2v) is 5.13. The van der Waals surface area contributed by atoms with Gasteiger partial charge in [-0.2, -0.15) is 0 Å². The molecule has 0 unspecified atom stereocenters. The highest BCUT2D eigenvalue weighted by atomic mass is 16.5. The van der Waals surface area contributed by atoms with Gasteiger partial charge in [0.2, 0.25) is 0 Å². The molecule has 0 bridgehead atoms. The summed E-state index contributed by atoms with van der Waals surface area (Å²) in [6, 6.07) is 12.8. The van der Waals surface area contributed by atoms with Gasteiger partial charge < -0.3 is 19.5 Å². The fraction of sp³-hybridized carbons (Fsp3) is 0.211. The van der Waals surface area contributed by atoms with Crippen molar-refractivity contribution in [2.45, 2.75) is 6.92 Å². The minimum atomic E-state index is -0.719. The zero-order valence-electron chi connectivity index (χ0n) is 14.5.